The Morgan fingerprint density at radius 1 is 1.48 bits per heavy atom. The summed E-state index contributed by atoms with van der Waals surface area (Å²) in [6.07, 6.45) is 2.41. The molecule has 1 aliphatic heterocycles. The Morgan fingerprint density at radius 3 is 3.00 bits per heavy atom. The van der Waals surface area contributed by atoms with Crippen molar-refractivity contribution in [1.82, 2.24) is 4.90 Å². The number of carbonyl (C=O) groups is 2. The van der Waals surface area contributed by atoms with Crippen molar-refractivity contribution in [2.75, 3.05) is 26.7 Å². The number of carboxylic acids is 1. The summed E-state index contributed by atoms with van der Waals surface area (Å²) in [5.41, 5.74) is 1.17. The molecule has 1 aliphatic carbocycles. The molecule has 1 saturated heterocycles. The average molecular weight is 287 g/mol. The number of rotatable bonds is 4. The Morgan fingerprint density at radius 2 is 2.29 bits per heavy atom. The van der Waals surface area contributed by atoms with Gasteiger partial charge in [-0.05, 0) is 34.2 Å². The highest BCUT2D eigenvalue weighted by molar-refractivity contribution is 5.99. The van der Waals surface area contributed by atoms with Gasteiger partial charge in [-0.2, -0.15) is 0 Å². The molecule has 5 nitrogen and oxygen atoms in total. The number of carboxylic acid groups (broad SMARTS) is 1. The number of Topliss-reactive ketones (excluding diaryl/α,β-unsaturated/α-hetero) is 1. The number of nitrogens with zero attached hydrogens (tertiary/aromatic N) is 1. The van der Waals surface area contributed by atoms with E-state index < -0.39 is 11.9 Å². The van der Waals surface area contributed by atoms with Crippen molar-refractivity contribution in [1.29, 1.82) is 0 Å². The van der Waals surface area contributed by atoms with Crippen LogP contribution in [0.1, 0.15) is 6.42 Å². The van der Waals surface area contributed by atoms with Gasteiger partial charge in [0.25, 0.3) is 0 Å². The van der Waals surface area contributed by atoms with Gasteiger partial charge in [-0.15, -0.1) is 0 Å². The van der Waals surface area contributed by atoms with E-state index >= 15 is 0 Å². The van der Waals surface area contributed by atoms with E-state index in [0.717, 1.165) is 11.0 Å². The molecule has 21 heavy (non-hydrogen) atoms. The summed E-state index contributed by atoms with van der Waals surface area (Å²) in [4.78, 5) is 24.7. The van der Waals surface area contributed by atoms with Crippen molar-refractivity contribution in [2.24, 2.45) is 5.92 Å². The molecule has 1 heterocycles. The first kappa shape index (κ1) is 13.8. The second kappa shape index (κ2) is 5.33. The third-order valence-electron chi connectivity index (χ3n) is 4.13. The molecule has 1 fully saturated rings. The Kier molecular flexibility index (Phi) is 3.51. The molecule has 0 bridgehead atoms. The van der Waals surface area contributed by atoms with Crippen LogP contribution in [0, 0.1) is 5.92 Å². The number of hydrogen-bond acceptors (Lipinski definition) is 4. The van der Waals surface area contributed by atoms with Crippen molar-refractivity contribution in [3.63, 3.8) is 0 Å². The standard InChI is InChI=1S/C16H17NO4/c1-21-12-3-2-10-6-11(13(10)7-12)8-17-5-4-15(18)14(9-17)16(19)20/h2-3,6-7,14H,4-5,8-9H2,1H3,(H,19,20). The number of likely N-dealkylation sites (tertiary alicyclic amines) is 1. The first-order valence-electron chi connectivity index (χ1n) is 6.95. The summed E-state index contributed by atoms with van der Waals surface area (Å²) in [5.74, 6) is -1.25. The van der Waals surface area contributed by atoms with E-state index in [4.69, 9.17) is 9.84 Å². The molecule has 1 N–H and O–H groups in total. The molecule has 0 aromatic heterocycles. The van der Waals surface area contributed by atoms with Crippen molar-refractivity contribution in [3.8, 4) is 5.75 Å². The third kappa shape index (κ3) is 2.56. The Labute approximate surface area is 122 Å². The molecule has 0 radical (unpaired) electrons. The molecule has 0 amide bonds. The molecule has 5 heteroatoms. The number of benzene rings is 1. The fraction of sp³-hybridized carbons (Fsp3) is 0.375. The second-order valence-corrected chi connectivity index (χ2v) is 5.47. The smallest absolute Gasteiger partial charge is 0.315 e. The van der Waals surface area contributed by atoms with Gasteiger partial charge >= 0.3 is 5.97 Å². The van der Waals surface area contributed by atoms with Gasteiger partial charge in [-0.25, -0.2) is 0 Å². The fourth-order valence-electron chi connectivity index (χ4n) is 2.88. The number of carbonyl (C=O) groups excluding carboxylic acids is 1. The van der Waals surface area contributed by atoms with Crippen LogP contribution in [0.25, 0.3) is 11.6 Å². The summed E-state index contributed by atoms with van der Waals surface area (Å²) in [7, 11) is 1.64. The number of ketones is 1. The predicted octanol–water partition coefficient (Wildman–Crippen LogP) is -0.384. The molecule has 110 valence electrons. The number of aliphatic carboxylic acids is 1. The number of hydrogen-bond donors (Lipinski definition) is 1. The first-order chi connectivity index (χ1) is 10.1. The lowest BCUT2D eigenvalue weighted by Gasteiger charge is -2.30. The van der Waals surface area contributed by atoms with Gasteiger partial charge in [0.2, 0.25) is 0 Å². The van der Waals surface area contributed by atoms with Crippen LogP contribution in [-0.4, -0.2) is 48.5 Å². The zero-order chi connectivity index (χ0) is 15.0. The zero-order valence-corrected chi connectivity index (χ0v) is 11.8. The maximum atomic E-state index is 11.6. The van der Waals surface area contributed by atoms with E-state index in [1.165, 1.54) is 10.8 Å². The van der Waals surface area contributed by atoms with E-state index in [1.54, 1.807) is 7.11 Å². The molecule has 0 saturated carbocycles. The van der Waals surface area contributed by atoms with Crippen LogP contribution in [0.2, 0.25) is 0 Å². The highest BCUT2D eigenvalue weighted by Gasteiger charge is 2.32. The van der Waals surface area contributed by atoms with Gasteiger partial charge in [-0.3, -0.25) is 14.5 Å². The lowest BCUT2D eigenvalue weighted by Crippen LogP contribution is -2.47. The monoisotopic (exact) mass is 287 g/mol. The SMILES string of the molecule is COc1ccc2c(c1)=C(CN1CCC(=O)C(C(=O)O)C1)C=2. The van der Waals surface area contributed by atoms with E-state index in [0.29, 0.717) is 26.1 Å². The van der Waals surface area contributed by atoms with E-state index in [-0.39, 0.29) is 5.78 Å². The third-order valence-corrected chi connectivity index (χ3v) is 4.13. The molecule has 1 unspecified atom stereocenters. The van der Waals surface area contributed by atoms with Crippen molar-refractivity contribution < 1.29 is 19.4 Å². The van der Waals surface area contributed by atoms with E-state index in [2.05, 4.69) is 6.08 Å². The van der Waals surface area contributed by atoms with Gasteiger partial charge in [0.15, 0.2) is 0 Å². The minimum Gasteiger partial charge on any atom is -0.497 e. The molecule has 0 spiro atoms. The molecule has 1 atom stereocenters. The maximum Gasteiger partial charge on any atom is 0.315 e. The number of fused-ring (bicyclic) bond motifs is 1. The molecule has 1 aromatic rings. The Balaban J connectivity index is 1.76. The first-order valence-corrected chi connectivity index (χ1v) is 6.95. The molecule has 2 aliphatic rings. The maximum absolute atomic E-state index is 11.6. The zero-order valence-electron chi connectivity index (χ0n) is 11.8. The van der Waals surface area contributed by atoms with Crippen LogP contribution in [0.3, 0.4) is 0 Å². The summed E-state index contributed by atoms with van der Waals surface area (Å²) in [5, 5.41) is 11.4. The normalized spacial score (nSPS) is 21.3. The Hall–Kier alpha value is -2.14. The van der Waals surface area contributed by atoms with Gasteiger partial charge in [-0.1, -0.05) is 6.07 Å². The summed E-state index contributed by atoms with van der Waals surface area (Å²) in [6, 6.07) is 5.93. The highest BCUT2D eigenvalue weighted by atomic mass is 16.5. The molecule has 1 aromatic carbocycles. The Bertz CT molecular complexity index is 722. The second-order valence-electron chi connectivity index (χ2n) is 5.47. The summed E-state index contributed by atoms with van der Waals surface area (Å²) in [6.45, 7) is 1.60. The van der Waals surface area contributed by atoms with Crippen LogP contribution in [0.15, 0.2) is 18.2 Å². The number of piperidine rings is 1. The minimum atomic E-state index is -1.02. The van der Waals surface area contributed by atoms with Crippen molar-refractivity contribution in [2.45, 2.75) is 6.42 Å². The molecule has 3 rings (SSSR count). The van der Waals surface area contributed by atoms with E-state index in [1.807, 2.05) is 23.1 Å². The van der Waals surface area contributed by atoms with E-state index in [9.17, 15) is 9.59 Å². The van der Waals surface area contributed by atoms with Crippen molar-refractivity contribution >= 4 is 23.4 Å². The lowest BCUT2D eigenvalue weighted by molar-refractivity contribution is -0.148. The van der Waals surface area contributed by atoms with Crippen LogP contribution >= 0.6 is 0 Å². The summed E-state index contributed by atoms with van der Waals surface area (Å²) >= 11 is 0. The van der Waals surface area contributed by atoms with Gasteiger partial charge in [0.1, 0.15) is 17.5 Å². The number of ether oxygens (including phenoxy) is 1. The van der Waals surface area contributed by atoms with Gasteiger partial charge < -0.3 is 9.84 Å². The van der Waals surface area contributed by atoms with Crippen molar-refractivity contribution in [3.05, 3.63) is 28.6 Å². The van der Waals surface area contributed by atoms with Gasteiger partial charge in [0, 0.05) is 26.1 Å². The van der Waals surface area contributed by atoms with Gasteiger partial charge in [0.05, 0.1) is 7.11 Å². The quantitative estimate of drug-likeness (QED) is 0.764. The molecular weight excluding hydrogens is 270 g/mol. The van der Waals surface area contributed by atoms with Crippen LogP contribution < -0.4 is 15.2 Å². The summed E-state index contributed by atoms with van der Waals surface area (Å²) < 4.78 is 5.22. The van der Waals surface area contributed by atoms with Crippen LogP contribution in [-0.2, 0) is 9.59 Å². The largest absolute Gasteiger partial charge is 0.497 e. The highest BCUT2D eigenvalue weighted by Crippen LogP contribution is 2.16. The number of methoxy groups -OCH3 is 1. The average Bonchev–Trinajstić information content (AvgIpc) is 2.46. The molecular formula is C16H17NO4. The van der Waals surface area contributed by atoms with Crippen LogP contribution in [0.4, 0.5) is 0 Å². The fourth-order valence-corrected chi connectivity index (χ4v) is 2.88. The predicted molar refractivity (Wildman–Crippen MR) is 77.3 cm³/mol. The lowest BCUT2D eigenvalue weighted by atomic mass is 9.94. The van der Waals surface area contributed by atoms with Crippen LogP contribution in [0.5, 0.6) is 5.75 Å². The topological polar surface area (TPSA) is 66.8 Å². The minimum absolute atomic E-state index is 0.164.